The molecule has 2 heterocycles. The summed E-state index contributed by atoms with van der Waals surface area (Å²) in [4.78, 5) is 70.9. The number of hydrogen-bond donors (Lipinski definition) is 7. The van der Waals surface area contributed by atoms with Crippen LogP contribution in [0.15, 0.2) is 22.0 Å². The molecule has 0 bridgehead atoms. The lowest BCUT2D eigenvalue weighted by molar-refractivity contribution is -0.202. The van der Waals surface area contributed by atoms with Crippen LogP contribution in [0.2, 0.25) is 0 Å². The molecule has 1 aromatic heterocycles. The van der Waals surface area contributed by atoms with Crippen LogP contribution in [0.25, 0.3) is 6.08 Å². The lowest BCUT2D eigenvalue weighted by Gasteiger charge is -2.22. The van der Waals surface area contributed by atoms with E-state index < -0.39 is 69.1 Å². The zero-order valence-corrected chi connectivity index (χ0v) is 21.4. The number of H-pyrrole nitrogens is 1. The Morgan fingerprint density at radius 3 is 2.36 bits per heavy atom. The molecule has 0 radical (unpaired) electrons. The number of phosphoric ester groups is 1. The van der Waals surface area contributed by atoms with Crippen LogP contribution in [-0.4, -0.2) is 59.9 Å². The van der Waals surface area contributed by atoms with Gasteiger partial charge in [-0.05, 0) is 12.3 Å². The van der Waals surface area contributed by atoms with E-state index >= 15 is 0 Å². The van der Waals surface area contributed by atoms with Crippen molar-refractivity contribution in [1.82, 2.24) is 9.55 Å². The largest absolute Gasteiger partial charge is 0.530 e. The van der Waals surface area contributed by atoms with E-state index in [1.165, 1.54) is 6.08 Å². The van der Waals surface area contributed by atoms with Gasteiger partial charge in [0.1, 0.15) is 18.4 Å². The zero-order valence-electron chi connectivity index (χ0n) is 17.8. The fourth-order valence-electron chi connectivity index (χ4n) is 2.64. The van der Waals surface area contributed by atoms with Crippen LogP contribution in [0.3, 0.4) is 0 Å². The number of ether oxygens (including phenoxy) is 1. The van der Waals surface area contributed by atoms with Crippen molar-refractivity contribution in [2.24, 2.45) is 5.73 Å². The quantitative estimate of drug-likeness (QED) is 0.0788. The summed E-state index contributed by atoms with van der Waals surface area (Å²) in [6.45, 7) is -0.897. The molecular weight excluding hydrogens is 582 g/mol. The third-order valence-corrected chi connectivity index (χ3v) is 6.67. The smallest absolute Gasteiger partial charge is 0.405 e. The van der Waals surface area contributed by atoms with Crippen molar-refractivity contribution in [3.8, 4) is 0 Å². The highest BCUT2D eigenvalue weighted by Gasteiger charge is 2.44. The lowest BCUT2D eigenvalue weighted by atomic mass is 10.2. The van der Waals surface area contributed by atoms with Gasteiger partial charge in [0.2, 0.25) is 0 Å². The average molecular weight is 603 g/mol. The zero-order chi connectivity index (χ0) is 27.1. The highest BCUT2D eigenvalue weighted by Crippen LogP contribution is 2.55. The van der Waals surface area contributed by atoms with Gasteiger partial charge in [-0.3, -0.25) is 27.9 Å². The van der Waals surface area contributed by atoms with E-state index in [9.17, 15) is 23.6 Å². The highest BCUT2D eigenvalue weighted by molar-refractivity contribution is 7.49. The highest BCUT2D eigenvalue weighted by atomic mass is 31.2. The molecule has 4 atom stereocenters. The molecule has 2 unspecified atom stereocenters. The van der Waals surface area contributed by atoms with Crippen molar-refractivity contribution in [1.29, 1.82) is 0 Å². The molecule has 0 spiro atoms. The Kier molecular flexibility index (Phi) is 11.9. The minimum Gasteiger partial charge on any atom is -0.405 e. The van der Waals surface area contributed by atoms with Gasteiger partial charge in [0.15, 0.2) is 0 Å². The number of rotatable bonds is 14. The second-order valence-electron chi connectivity index (χ2n) is 6.32. The van der Waals surface area contributed by atoms with Crippen molar-refractivity contribution in [3.63, 3.8) is 0 Å². The van der Waals surface area contributed by atoms with Crippen LogP contribution in [-0.2, 0) is 46.1 Å². The molecule has 0 aliphatic carbocycles. The van der Waals surface area contributed by atoms with Gasteiger partial charge in [-0.2, -0.15) is 0 Å². The Labute approximate surface area is 202 Å². The summed E-state index contributed by atoms with van der Waals surface area (Å²) in [7, 11) is -15.4. The molecule has 1 saturated heterocycles. The molecule has 8 N–H and O–H groups in total. The second-order valence-corrected chi connectivity index (χ2v) is 10.6. The van der Waals surface area contributed by atoms with Crippen molar-refractivity contribution in [2.45, 2.75) is 24.9 Å². The molecule has 24 heteroatoms. The van der Waals surface area contributed by atoms with E-state index in [0.29, 0.717) is 0 Å². The molecule has 36 heavy (non-hydrogen) atoms. The van der Waals surface area contributed by atoms with Gasteiger partial charge in [-0.25, -0.2) is 13.9 Å². The fraction of sp³-hybridized carbons (Fsp3) is 0.500. The Morgan fingerprint density at radius 1 is 1.22 bits per heavy atom. The number of nitrogens with two attached hydrogens (primary N) is 1. The molecule has 0 aromatic carbocycles. The van der Waals surface area contributed by atoms with Crippen molar-refractivity contribution in [3.05, 3.63) is 38.8 Å². The van der Waals surface area contributed by atoms with Gasteiger partial charge >= 0.3 is 38.5 Å². The number of hydrogen-bond acceptors (Lipinski definition) is 17. The standard InChI is InChI=1S/C12H21N3O17P4/c1-25-35(22,23)28-8-4-10(15-5-7(2-3-13)11(16)14-12(15)17)27-9(8)6-26-36(24,31-29-33(18)19)32-30-34(20)21/h2-3,5,8-10,18-21H,4,6,13H2,1H3,(H,22,23)(H,14,16,17)/b3-2-/t8?,9-,10-/m1/s1. The molecule has 0 amide bonds. The number of aromatic nitrogens is 2. The molecule has 1 fully saturated rings. The summed E-state index contributed by atoms with van der Waals surface area (Å²) < 4.78 is 61.1. The second kappa shape index (κ2) is 13.7. The lowest BCUT2D eigenvalue weighted by Crippen LogP contribution is -2.33. The van der Waals surface area contributed by atoms with E-state index in [1.807, 2.05) is 4.98 Å². The summed E-state index contributed by atoms with van der Waals surface area (Å²) in [5.74, 6) is 0. The van der Waals surface area contributed by atoms with Crippen LogP contribution in [0.4, 0.5) is 0 Å². The summed E-state index contributed by atoms with van der Waals surface area (Å²) in [5.41, 5.74) is 3.53. The summed E-state index contributed by atoms with van der Waals surface area (Å²) in [5, 5.41) is 0. The maximum Gasteiger partial charge on any atom is 0.530 e. The van der Waals surface area contributed by atoms with E-state index in [2.05, 4.69) is 23.2 Å². The third-order valence-electron chi connectivity index (χ3n) is 4.04. The molecule has 1 aromatic rings. The molecule has 0 saturated carbocycles. The van der Waals surface area contributed by atoms with E-state index in [0.717, 1.165) is 24.1 Å². The van der Waals surface area contributed by atoms with Crippen molar-refractivity contribution in [2.75, 3.05) is 13.7 Å². The van der Waals surface area contributed by atoms with Gasteiger partial charge < -0.3 is 34.9 Å². The van der Waals surface area contributed by atoms with Gasteiger partial charge in [-0.15, -0.1) is 18.7 Å². The van der Waals surface area contributed by atoms with E-state index in [1.54, 1.807) is 0 Å². The predicted molar refractivity (Wildman–Crippen MR) is 115 cm³/mol. The SMILES string of the molecule is COP(=O)(O)OC1C[C@H](n2cc(/C=C\N)c(=O)[nH]c2=O)O[C@@H]1COP(=O)(OOP(O)O)OOP(O)O. The number of nitrogens with zero attached hydrogens (tertiary/aromatic N) is 1. The monoisotopic (exact) mass is 603 g/mol. The summed E-state index contributed by atoms with van der Waals surface area (Å²) >= 11 is 0. The average Bonchev–Trinajstić information content (AvgIpc) is 3.18. The number of nitrogens with one attached hydrogen (secondary N) is 1. The topological polar surface area (TPSA) is 290 Å². The maximum atomic E-state index is 12.5. The number of phosphoric acid groups is 2. The summed E-state index contributed by atoms with van der Waals surface area (Å²) in [6, 6.07) is 0. The predicted octanol–water partition coefficient (Wildman–Crippen LogP) is -0.670. The van der Waals surface area contributed by atoms with Crippen molar-refractivity contribution >= 4 is 38.9 Å². The first-order chi connectivity index (χ1) is 16.8. The van der Waals surface area contributed by atoms with Crippen LogP contribution < -0.4 is 17.0 Å². The minimum absolute atomic E-state index is 0.0443. The van der Waals surface area contributed by atoms with Crippen LogP contribution in [0.1, 0.15) is 18.2 Å². The first-order valence-electron chi connectivity index (χ1n) is 9.08. The van der Waals surface area contributed by atoms with Crippen LogP contribution in [0, 0.1) is 0 Å². The molecule has 2 rings (SSSR count). The fourth-order valence-corrected chi connectivity index (χ4v) is 4.87. The van der Waals surface area contributed by atoms with Crippen LogP contribution in [0.5, 0.6) is 0 Å². The number of aromatic amines is 1. The molecule has 20 nitrogen and oxygen atoms in total. The Morgan fingerprint density at radius 2 is 1.83 bits per heavy atom. The van der Waals surface area contributed by atoms with Gasteiger partial charge in [0.25, 0.3) is 5.56 Å². The Bertz CT molecular complexity index is 1090. The van der Waals surface area contributed by atoms with E-state index in [-0.39, 0.29) is 12.0 Å². The molecular formula is C12H21N3O17P4. The Hall–Kier alpha value is -0.980. The maximum absolute atomic E-state index is 12.5. The molecule has 1 aliphatic rings. The third kappa shape index (κ3) is 9.40. The normalized spacial score (nSPS) is 22.6. The van der Waals surface area contributed by atoms with Gasteiger partial charge in [0.05, 0.1) is 12.2 Å². The first-order valence-corrected chi connectivity index (χ1v) is 14.4. The summed E-state index contributed by atoms with van der Waals surface area (Å²) in [6.07, 6.45) is -1.11. The van der Waals surface area contributed by atoms with Gasteiger partial charge in [-0.1, -0.05) is 0 Å². The molecule has 1 aliphatic heterocycles. The van der Waals surface area contributed by atoms with Gasteiger partial charge in [0, 0.05) is 19.7 Å². The Balaban J connectivity index is 2.30. The minimum atomic E-state index is -5.08. The molecule has 206 valence electrons. The first kappa shape index (κ1) is 31.2. The van der Waals surface area contributed by atoms with E-state index in [4.69, 9.17) is 39.1 Å². The van der Waals surface area contributed by atoms with Crippen LogP contribution >= 0.6 is 32.9 Å². The van der Waals surface area contributed by atoms with Crippen molar-refractivity contribution < 1.29 is 70.6 Å².